The molecule has 0 aromatic heterocycles. The molecule has 0 heterocycles. The van der Waals surface area contributed by atoms with Crippen molar-refractivity contribution in [1.82, 2.24) is 5.32 Å². The molecule has 0 amide bonds. The minimum Gasteiger partial charge on any atom is -0.496 e. The van der Waals surface area contributed by atoms with Gasteiger partial charge >= 0.3 is 0 Å². The monoisotopic (exact) mass is 293 g/mol. The van der Waals surface area contributed by atoms with Crippen LogP contribution in [0.4, 0.5) is 8.78 Å². The fraction of sp³-hybridized carbons (Fsp3) is 0.250. The van der Waals surface area contributed by atoms with E-state index in [1.165, 1.54) is 32.4 Å². The molecule has 2 rings (SSSR count). The van der Waals surface area contributed by atoms with E-state index >= 15 is 0 Å². The van der Waals surface area contributed by atoms with Crippen LogP contribution in [0.5, 0.6) is 11.5 Å². The number of hydrogen-bond donors (Lipinski definition) is 1. The molecule has 0 bridgehead atoms. The minimum atomic E-state index is -0.442. The van der Waals surface area contributed by atoms with Gasteiger partial charge in [-0.15, -0.1) is 0 Å². The van der Waals surface area contributed by atoms with E-state index in [-0.39, 0.29) is 17.6 Å². The van der Waals surface area contributed by atoms with E-state index in [2.05, 4.69) is 5.32 Å². The number of halogens is 2. The van der Waals surface area contributed by atoms with Gasteiger partial charge in [-0.1, -0.05) is 6.07 Å². The summed E-state index contributed by atoms with van der Waals surface area (Å²) in [4.78, 5) is 0. The first-order valence-electron chi connectivity index (χ1n) is 6.44. The maximum atomic E-state index is 13.5. The van der Waals surface area contributed by atoms with Gasteiger partial charge in [0, 0.05) is 5.56 Å². The van der Waals surface area contributed by atoms with E-state index in [0.29, 0.717) is 11.3 Å². The second kappa shape index (κ2) is 6.54. The molecule has 2 aromatic carbocycles. The Bertz CT molecular complexity index is 632. The highest BCUT2D eigenvalue weighted by atomic mass is 19.1. The minimum absolute atomic E-state index is 0.142. The van der Waals surface area contributed by atoms with Crippen LogP contribution in [-0.2, 0) is 0 Å². The molecule has 0 saturated heterocycles. The van der Waals surface area contributed by atoms with Gasteiger partial charge in [-0.2, -0.15) is 0 Å². The molecule has 0 aliphatic carbocycles. The molecule has 3 nitrogen and oxygen atoms in total. The first-order chi connectivity index (χ1) is 10.1. The summed E-state index contributed by atoms with van der Waals surface area (Å²) >= 11 is 0. The molecule has 1 atom stereocenters. The molecule has 0 radical (unpaired) electrons. The number of benzene rings is 2. The molecule has 1 N–H and O–H groups in total. The van der Waals surface area contributed by atoms with Crippen LogP contribution in [0.2, 0.25) is 0 Å². The SMILES string of the molecule is CNC(c1ccc(F)c(OC)c1)c1cc(F)ccc1OC. The van der Waals surface area contributed by atoms with Crippen LogP contribution in [0.15, 0.2) is 36.4 Å². The van der Waals surface area contributed by atoms with E-state index in [4.69, 9.17) is 9.47 Å². The molecule has 1 unspecified atom stereocenters. The van der Waals surface area contributed by atoms with Crippen molar-refractivity contribution in [3.8, 4) is 11.5 Å². The fourth-order valence-electron chi connectivity index (χ4n) is 2.29. The van der Waals surface area contributed by atoms with Crippen LogP contribution in [0.1, 0.15) is 17.2 Å². The van der Waals surface area contributed by atoms with Crippen LogP contribution in [0, 0.1) is 11.6 Å². The van der Waals surface area contributed by atoms with Crippen molar-refractivity contribution >= 4 is 0 Å². The Morgan fingerprint density at radius 1 is 0.952 bits per heavy atom. The largest absolute Gasteiger partial charge is 0.496 e. The molecule has 2 aromatic rings. The third kappa shape index (κ3) is 3.13. The summed E-state index contributed by atoms with van der Waals surface area (Å²) in [6.07, 6.45) is 0. The second-order valence-electron chi connectivity index (χ2n) is 4.50. The molecule has 0 aliphatic rings. The summed E-state index contributed by atoms with van der Waals surface area (Å²) in [6.45, 7) is 0. The summed E-state index contributed by atoms with van der Waals surface area (Å²) in [7, 11) is 4.67. The molecule has 0 fully saturated rings. The number of ether oxygens (including phenoxy) is 2. The fourth-order valence-corrected chi connectivity index (χ4v) is 2.29. The highest BCUT2D eigenvalue weighted by Gasteiger charge is 2.19. The maximum Gasteiger partial charge on any atom is 0.165 e. The zero-order valence-electron chi connectivity index (χ0n) is 12.1. The molecular weight excluding hydrogens is 276 g/mol. The summed E-state index contributed by atoms with van der Waals surface area (Å²) in [5.41, 5.74) is 1.38. The number of rotatable bonds is 5. The van der Waals surface area contributed by atoms with Crippen LogP contribution in [0.3, 0.4) is 0 Å². The van der Waals surface area contributed by atoms with Crippen molar-refractivity contribution < 1.29 is 18.3 Å². The zero-order chi connectivity index (χ0) is 15.4. The zero-order valence-corrected chi connectivity index (χ0v) is 12.1. The predicted octanol–water partition coefficient (Wildman–Crippen LogP) is 3.29. The second-order valence-corrected chi connectivity index (χ2v) is 4.50. The van der Waals surface area contributed by atoms with Gasteiger partial charge in [0.05, 0.1) is 20.3 Å². The Labute approximate surface area is 122 Å². The van der Waals surface area contributed by atoms with Crippen molar-refractivity contribution in [2.45, 2.75) is 6.04 Å². The quantitative estimate of drug-likeness (QED) is 0.917. The number of methoxy groups -OCH3 is 2. The number of hydrogen-bond acceptors (Lipinski definition) is 3. The van der Waals surface area contributed by atoms with E-state index in [9.17, 15) is 8.78 Å². The lowest BCUT2D eigenvalue weighted by Gasteiger charge is -2.20. The summed E-state index contributed by atoms with van der Waals surface area (Å²) in [5, 5.41) is 3.08. The third-order valence-corrected chi connectivity index (χ3v) is 3.30. The van der Waals surface area contributed by atoms with E-state index in [1.54, 1.807) is 25.2 Å². The van der Waals surface area contributed by atoms with Gasteiger partial charge in [0.2, 0.25) is 0 Å². The van der Waals surface area contributed by atoms with Crippen molar-refractivity contribution in [3.63, 3.8) is 0 Å². The van der Waals surface area contributed by atoms with Gasteiger partial charge < -0.3 is 14.8 Å². The van der Waals surface area contributed by atoms with Gasteiger partial charge in [0.15, 0.2) is 11.6 Å². The highest BCUT2D eigenvalue weighted by Crippen LogP contribution is 2.32. The van der Waals surface area contributed by atoms with Crippen LogP contribution < -0.4 is 14.8 Å². The molecular formula is C16H17F2NO2. The van der Waals surface area contributed by atoms with Gasteiger partial charge in [-0.05, 0) is 42.9 Å². The molecule has 0 saturated carbocycles. The van der Waals surface area contributed by atoms with Crippen molar-refractivity contribution in [3.05, 3.63) is 59.2 Å². The maximum absolute atomic E-state index is 13.5. The highest BCUT2D eigenvalue weighted by molar-refractivity contribution is 5.44. The first-order valence-corrected chi connectivity index (χ1v) is 6.44. The molecule has 0 aliphatic heterocycles. The van der Waals surface area contributed by atoms with Gasteiger partial charge in [-0.3, -0.25) is 0 Å². The van der Waals surface area contributed by atoms with Crippen molar-refractivity contribution in [2.75, 3.05) is 21.3 Å². The lowest BCUT2D eigenvalue weighted by atomic mass is 9.97. The third-order valence-electron chi connectivity index (χ3n) is 3.30. The summed E-state index contributed by atoms with van der Waals surface area (Å²) in [5.74, 6) is -0.107. The Morgan fingerprint density at radius 3 is 2.29 bits per heavy atom. The van der Waals surface area contributed by atoms with Gasteiger partial charge in [0.1, 0.15) is 11.6 Å². The Morgan fingerprint density at radius 2 is 1.67 bits per heavy atom. The predicted molar refractivity (Wildman–Crippen MR) is 76.8 cm³/mol. The molecule has 5 heteroatoms. The Balaban J connectivity index is 2.51. The standard InChI is InChI=1S/C16H17F2NO2/c1-19-16(10-4-6-13(18)15(8-10)21-3)12-9-11(17)5-7-14(12)20-2/h4-9,16,19H,1-3H3. The smallest absolute Gasteiger partial charge is 0.165 e. The van der Waals surface area contributed by atoms with Crippen LogP contribution >= 0.6 is 0 Å². The molecule has 112 valence electrons. The average molecular weight is 293 g/mol. The van der Waals surface area contributed by atoms with E-state index in [0.717, 1.165) is 5.56 Å². The van der Waals surface area contributed by atoms with Crippen LogP contribution in [0.25, 0.3) is 0 Å². The van der Waals surface area contributed by atoms with E-state index in [1.807, 2.05) is 0 Å². The topological polar surface area (TPSA) is 30.5 Å². The summed E-state index contributed by atoms with van der Waals surface area (Å²) in [6, 6.07) is 8.49. The lowest BCUT2D eigenvalue weighted by Crippen LogP contribution is -2.19. The number of nitrogens with one attached hydrogen (secondary N) is 1. The van der Waals surface area contributed by atoms with E-state index < -0.39 is 5.82 Å². The van der Waals surface area contributed by atoms with Gasteiger partial charge in [-0.25, -0.2) is 8.78 Å². The normalized spacial score (nSPS) is 12.0. The van der Waals surface area contributed by atoms with Crippen molar-refractivity contribution in [2.24, 2.45) is 0 Å². The molecule has 0 spiro atoms. The Hall–Kier alpha value is -2.14. The lowest BCUT2D eigenvalue weighted by molar-refractivity contribution is 0.384. The first kappa shape index (κ1) is 15.3. The Kier molecular flexibility index (Phi) is 4.75. The van der Waals surface area contributed by atoms with Crippen LogP contribution in [-0.4, -0.2) is 21.3 Å². The van der Waals surface area contributed by atoms with Crippen molar-refractivity contribution in [1.29, 1.82) is 0 Å². The summed E-state index contributed by atoms with van der Waals surface area (Å²) < 4.78 is 37.3. The average Bonchev–Trinajstić information content (AvgIpc) is 2.50. The molecule has 21 heavy (non-hydrogen) atoms. The van der Waals surface area contributed by atoms with Gasteiger partial charge in [0.25, 0.3) is 0 Å².